The van der Waals surface area contributed by atoms with Crippen molar-refractivity contribution in [2.24, 2.45) is 0 Å². The van der Waals surface area contributed by atoms with Gasteiger partial charge in [0.2, 0.25) is 0 Å². The highest BCUT2D eigenvalue weighted by Crippen LogP contribution is 2.10. The zero-order valence-electron chi connectivity index (χ0n) is 17.0. The molecule has 0 aromatic carbocycles. The molecule has 1 atom stereocenters. The maximum absolute atomic E-state index is 12.3. The van der Waals surface area contributed by atoms with Gasteiger partial charge < -0.3 is 25.2 Å². The smallest absolute Gasteiger partial charge is 0.408 e. The minimum Gasteiger partial charge on any atom is -0.481 e. The standard InChI is InChI=1S/C18H32N2O7/c1-17(2,3)26-15(24)19-11-7-8-13(21)12(9-10-14(22)23)20-16(25)27-18(4,5)6/h12H,7-11H2,1-6H3,(H,19,24)(H,20,25)(H,22,23)/t12-/m1/s1. The minimum atomic E-state index is -1.06. The van der Waals surface area contributed by atoms with Crippen LogP contribution >= 0.6 is 0 Å². The quantitative estimate of drug-likeness (QED) is 0.517. The molecule has 9 nitrogen and oxygen atoms in total. The summed E-state index contributed by atoms with van der Waals surface area (Å²) in [7, 11) is 0. The third kappa shape index (κ3) is 14.5. The van der Waals surface area contributed by atoms with Crippen LogP contribution in [0.5, 0.6) is 0 Å². The first kappa shape index (κ1) is 24.7. The number of carbonyl (C=O) groups is 4. The Balaban J connectivity index is 4.51. The van der Waals surface area contributed by atoms with Crippen molar-refractivity contribution in [1.82, 2.24) is 10.6 Å². The molecule has 0 aliphatic rings. The molecule has 0 fully saturated rings. The molecule has 0 rings (SSSR count). The number of alkyl carbamates (subject to hydrolysis) is 2. The zero-order chi connectivity index (χ0) is 21.3. The van der Waals surface area contributed by atoms with Crippen LogP contribution in [0.2, 0.25) is 0 Å². The first-order valence-corrected chi connectivity index (χ1v) is 8.90. The lowest BCUT2D eigenvalue weighted by atomic mass is 10.0. The number of carbonyl (C=O) groups excluding carboxylic acids is 3. The molecule has 0 unspecified atom stereocenters. The van der Waals surface area contributed by atoms with Gasteiger partial charge in [0.15, 0.2) is 5.78 Å². The number of aliphatic carboxylic acids is 1. The highest BCUT2D eigenvalue weighted by molar-refractivity contribution is 5.87. The maximum Gasteiger partial charge on any atom is 0.408 e. The summed E-state index contributed by atoms with van der Waals surface area (Å²) in [5, 5.41) is 13.8. The molecule has 0 aliphatic heterocycles. The second-order valence-corrected chi connectivity index (χ2v) is 8.13. The van der Waals surface area contributed by atoms with E-state index in [2.05, 4.69) is 10.6 Å². The molecule has 0 aromatic rings. The zero-order valence-corrected chi connectivity index (χ0v) is 17.0. The molecule has 9 heteroatoms. The Hall–Kier alpha value is -2.32. The van der Waals surface area contributed by atoms with E-state index < -0.39 is 35.4 Å². The maximum atomic E-state index is 12.3. The van der Waals surface area contributed by atoms with Crippen molar-refractivity contribution in [2.75, 3.05) is 6.54 Å². The lowest BCUT2D eigenvalue weighted by Gasteiger charge is -2.23. The van der Waals surface area contributed by atoms with E-state index in [4.69, 9.17) is 14.6 Å². The molecule has 0 spiro atoms. The number of rotatable bonds is 9. The number of hydrogen-bond donors (Lipinski definition) is 3. The number of nitrogens with one attached hydrogen (secondary N) is 2. The van der Waals surface area contributed by atoms with E-state index in [9.17, 15) is 19.2 Å². The van der Waals surface area contributed by atoms with Gasteiger partial charge in [-0.3, -0.25) is 9.59 Å². The fourth-order valence-corrected chi connectivity index (χ4v) is 1.97. The fourth-order valence-electron chi connectivity index (χ4n) is 1.97. The Labute approximate surface area is 160 Å². The number of ether oxygens (including phenoxy) is 2. The third-order valence-corrected chi connectivity index (χ3v) is 2.99. The normalized spacial score (nSPS) is 12.7. The largest absolute Gasteiger partial charge is 0.481 e. The monoisotopic (exact) mass is 388 g/mol. The second kappa shape index (κ2) is 10.7. The van der Waals surface area contributed by atoms with Crippen LogP contribution in [-0.2, 0) is 19.1 Å². The Morgan fingerprint density at radius 3 is 1.89 bits per heavy atom. The molecule has 2 amide bonds. The van der Waals surface area contributed by atoms with E-state index in [1.165, 1.54) is 0 Å². The van der Waals surface area contributed by atoms with E-state index in [0.29, 0.717) is 6.42 Å². The Bertz CT molecular complexity index is 533. The SMILES string of the molecule is CC(C)(C)OC(=O)NCCCC(=O)[C@@H](CCC(=O)O)NC(=O)OC(C)(C)C. The molecule has 0 bridgehead atoms. The van der Waals surface area contributed by atoms with Crippen LogP contribution in [0.1, 0.15) is 67.2 Å². The van der Waals surface area contributed by atoms with Crippen molar-refractivity contribution in [3.8, 4) is 0 Å². The van der Waals surface area contributed by atoms with E-state index in [1.807, 2.05) is 0 Å². The molecular formula is C18H32N2O7. The van der Waals surface area contributed by atoms with E-state index >= 15 is 0 Å². The summed E-state index contributed by atoms with van der Waals surface area (Å²) in [5.41, 5.74) is -1.35. The van der Waals surface area contributed by atoms with Crippen molar-refractivity contribution < 1.29 is 33.8 Å². The van der Waals surface area contributed by atoms with Gasteiger partial charge in [-0.25, -0.2) is 9.59 Å². The fraction of sp³-hybridized carbons (Fsp3) is 0.778. The lowest BCUT2D eigenvalue weighted by Crippen LogP contribution is -2.44. The molecular weight excluding hydrogens is 356 g/mol. The Morgan fingerprint density at radius 1 is 0.889 bits per heavy atom. The molecule has 0 saturated carbocycles. The van der Waals surface area contributed by atoms with Crippen molar-refractivity contribution >= 4 is 23.9 Å². The predicted octanol–water partition coefficient (Wildman–Crippen LogP) is 2.62. The van der Waals surface area contributed by atoms with Crippen molar-refractivity contribution in [2.45, 2.75) is 84.5 Å². The van der Waals surface area contributed by atoms with E-state index in [-0.39, 0.29) is 31.6 Å². The van der Waals surface area contributed by atoms with Crippen LogP contribution < -0.4 is 10.6 Å². The highest BCUT2D eigenvalue weighted by Gasteiger charge is 2.24. The van der Waals surface area contributed by atoms with Crippen molar-refractivity contribution in [1.29, 1.82) is 0 Å². The molecule has 156 valence electrons. The molecule has 0 saturated heterocycles. The number of carboxylic acid groups (broad SMARTS) is 1. The average Bonchev–Trinajstić information content (AvgIpc) is 2.43. The van der Waals surface area contributed by atoms with Gasteiger partial charge in [0.25, 0.3) is 0 Å². The summed E-state index contributed by atoms with van der Waals surface area (Å²) in [5.74, 6) is -1.39. The van der Waals surface area contributed by atoms with Crippen molar-refractivity contribution in [3.05, 3.63) is 0 Å². The summed E-state index contributed by atoms with van der Waals surface area (Å²) in [6, 6.07) is -0.961. The number of amides is 2. The molecule has 3 N–H and O–H groups in total. The van der Waals surface area contributed by atoms with Crippen LogP contribution in [-0.4, -0.2) is 52.8 Å². The van der Waals surface area contributed by atoms with Gasteiger partial charge in [-0.05, 0) is 54.4 Å². The molecule has 0 heterocycles. The number of ketones is 1. The van der Waals surface area contributed by atoms with Gasteiger partial charge in [0.1, 0.15) is 11.2 Å². The molecule has 0 aromatic heterocycles. The first-order chi connectivity index (χ1) is 12.2. The van der Waals surface area contributed by atoms with Gasteiger partial charge in [0, 0.05) is 19.4 Å². The van der Waals surface area contributed by atoms with Crippen LogP contribution in [0.15, 0.2) is 0 Å². The van der Waals surface area contributed by atoms with Gasteiger partial charge in [0.05, 0.1) is 6.04 Å². The summed E-state index contributed by atoms with van der Waals surface area (Å²) >= 11 is 0. The van der Waals surface area contributed by atoms with Crippen molar-refractivity contribution in [3.63, 3.8) is 0 Å². The van der Waals surface area contributed by atoms with Crippen LogP contribution in [0, 0.1) is 0 Å². The number of hydrogen-bond acceptors (Lipinski definition) is 6. The topological polar surface area (TPSA) is 131 Å². The second-order valence-electron chi connectivity index (χ2n) is 8.13. The average molecular weight is 388 g/mol. The van der Waals surface area contributed by atoms with Crippen LogP contribution in [0.3, 0.4) is 0 Å². The van der Waals surface area contributed by atoms with Crippen LogP contribution in [0.25, 0.3) is 0 Å². The molecule has 0 radical (unpaired) electrons. The highest BCUT2D eigenvalue weighted by atomic mass is 16.6. The Morgan fingerprint density at radius 2 is 1.41 bits per heavy atom. The molecule has 27 heavy (non-hydrogen) atoms. The number of Topliss-reactive ketones (excluding diaryl/α,β-unsaturated/α-hetero) is 1. The minimum absolute atomic E-state index is 0.0348. The van der Waals surface area contributed by atoms with Gasteiger partial charge in [-0.1, -0.05) is 0 Å². The van der Waals surface area contributed by atoms with Gasteiger partial charge >= 0.3 is 18.2 Å². The third-order valence-electron chi connectivity index (χ3n) is 2.99. The molecule has 0 aliphatic carbocycles. The Kier molecular flexibility index (Phi) is 9.82. The lowest BCUT2D eigenvalue weighted by molar-refractivity contribution is -0.137. The van der Waals surface area contributed by atoms with E-state index in [0.717, 1.165) is 0 Å². The van der Waals surface area contributed by atoms with Gasteiger partial charge in [-0.2, -0.15) is 0 Å². The summed E-state index contributed by atoms with van der Waals surface area (Å²) in [6.07, 6.45) is -1.26. The van der Waals surface area contributed by atoms with Gasteiger partial charge in [-0.15, -0.1) is 0 Å². The predicted molar refractivity (Wildman–Crippen MR) is 98.5 cm³/mol. The summed E-state index contributed by atoms with van der Waals surface area (Å²) in [6.45, 7) is 10.5. The van der Waals surface area contributed by atoms with Crippen LogP contribution in [0.4, 0.5) is 9.59 Å². The number of carboxylic acids is 1. The summed E-state index contributed by atoms with van der Waals surface area (Å²) in [4.78, 5) is 46.5. The first-order valence-electron chi connectivity index (χ1n) is 8.90. The van der Waals surface area contributed by atoms with E-state index in [1.54, 1.807) is 41.5 Å². The summed E-state index contributed by atoms with van der Waals surface area (Å²) < 4.78 is 10.2.